The van der Waals surface area contributed by atoms with E-state index in [9.17, 15) is 0 Å². The van der Waals surface area contributed by atoms with Crippen molar-refractivity contribution in [2.75, 3.05) is 6.61 Å². The van der Waals surface area contributed by atoms with Crippen molar-refractivity contribution in [2.45, 2.75) is 52.4 Å². The normalized spacial score (nSPS) is 10.9. The Bertz CT molecular complexity index is 810. The third-order valence-electron chi connectivity index (χ3n) is 4.55. The average Bonchev–Trinajstić information content (AvgIpc) is 3.14. The van der Waals surface area contributed by atoms with Crippen molar-refractivity contribution >= 4 is 0 Å². The predicted molar refractivity (Wildman–Crippen MR) is 109 cm³/mol. The van der Waals surface area contributed by atoms with E-state index in [0.717, 1.165) is 47.1 Å². The molecular formula is C23H28N2O2. The first-order valence-corrected chi connectivity index (χ1v) is 9.95. The number of rotatable bonds is 10. The second-order valence-electron chi connectivity index (χ2n) is 6.64. The Morgan fingerprint density at radius 1 is 0.852 bits per heavy atom. The fourth-order valence-corrected chi connectivity index (χ4v) is 3.12. The summed E-state index contributed by atoms with van der Waals surface area (Å²) in [6.07, 6.45) is 10.6. The van der Waals surface area contributed by atoms with Crippen LogP contribution in [0.4, 0.5) is 0 Å². The lowest BCUT2D eigenvalue weighted by atomic mass is 10.1. The maximum absolute atomic E-state index is 6.19. The van der Waals surface area contributed by atoms with E-state index < -0.39 is 0 Å². The van der Waals surface area contributed by atoms with Crippen molar-refractivity contribution in [3.05, 3.63) is 54.7 Å². The Hall–Kier alpha value is -2.62. The van der Waals surface area contributed by atoms with Crippen LogP contribution < -0.4 is 4.74 Å². The van der Waals surface area contributed by atoms with Crippen molar-refractivity contribution in [3.8, 4) is 28.3 Å². The topological polar surface area (TPSA) is 48.2 Å². The number of nitrogens with zero attached hydrogens (tertiary/aromatic N) is 2. The van der Waals surface area contributed by atoms with Gasteiger partial charge in [-0.3, -0.25) is 4.98 Å². The first kappa shape index (κ1) is 19.2. The van der Waals surface area contributed by atoms with Crippen molar-refractivity contribution < 1.29 is 9.15 Å². The van der Waals surface area contributed by atoms with Crippen molar-refractivity contribution in [3.63, 3.8) is 0 Å². The number of unbranched alkanes of at least 4 members (excludes halogenated alkanes) is 4. The number of hydrogen-bond donors (Lipinski definition) is 0. The van der Waals surface area contributed by atoms with E-state index in [2.05, 4.69) is 11.9 Å². The molecule has 0 aliphatic carbocycles. The molecule has 4 heteroatoms. The van der Waals surface area contributed by atoms with Crippen LogP contribution in [-0.4, -0.2) is 16.6 Å². The minimum atomic E-state index is 0.659. The lowest BCUT2D eigenvalue weighted by Gasteiger charge is -2.04. The molecule has 2 aromatic heterocycles. The van der Waals surface area contributed by atoms with E-state index in [4.69, 9.17) is 14.1 Å². The van der Waals surface area contributed by atoms with Crippen LogP contribution in [0.15, 0.2) is 53.2 Å². The van der Waals surface area contributed by atoms with Crippen LogP contribution in [-0.2, 0) is 6.42 Å². The van der Waals surface area contributed by atoms with Gasteiger partial charge in [-0.05, 0) is 49.7 Å². The Kier molecular flexibility index (Phi) is 7.03. The van der Waals surface area contributed by atoms with Gasteiger partial charge in [-0.15, -0.1) is 0 Å². The Morgan fingerprint density at radius 2 is 1.59 bits per heavy atom. The highest BCUT2D eigenvalue weighted by Gasteiger charge is 2.17. The first-order valence-electron chi connectivity index (χ1n) is 9.95. The van der Waals surface area contributed by atoms with E-state index in [1.807, 2.05) is 43.3 Å². The second-order valence-corrected chi connectivity index (χ2v) is 6.64. The largest absolute Gasteiger partial charge is 0.494 e. The van der Waals surface area contributed by atoms with E-state index in [1.165, 1.54) is 25.7 Å². The predicted octanol–water partition coefficient (Wildman–Crippen LogP) is 6.32. The number of benzene rings is 1. The van der Waals surface area contributed by atoms with Gasteiger partial charge in [-0.2, -0.15) is 0 Å². The number of aryl methyl sites for hydroxylation is 1. The number of pyridine rings is 1. The van der Waals surface area contributed by atoms with Gasteiger partial charge in [0, 0.05) is 29.9 Å². The molecule has 0 unspecified atom stereocenters. The van der Waals surface area contributed by atoms with Crippen LogP contribution >= 0.6 is 0 Å². The standard InChI is InChI=1S/C23H28N2O2/c1-3-5-6-7-8-9-21-25-22(18-14-16-24-17-15-18)23(27-21)19-10-12-20(13-11-19)26-4-2/h10-17H,3-9H2,1-2H3. The smallest absolute Gasteiger partial charge is 0.195 e. The fourth-order valence-electron chi connectivity index (χ4n) is 3.12. The molecule has 142 valence electrons. The third kappa shape index (κ3) is 5.19. The zero-order valence-corrected chi connectivity index (χ0v) is 16.3. The highest BCUT2D eigenvalue weighted by Crippen LogP contribution is 2.33. The van der Waals surface area contributed by atoms with Crippen LogP contribution in [0.5, 0.6) is 5.75 Å². The fraction of sp³-hybridized carbons (Fsp3) is 0.391. The number of hydrogen-bond acceptors (Lipinski definition) is 4. The van der Waals surface area contributed by atoms with Crippen LogP contribution in [0, 0.1) is 0 Å². The van der Waals surface area contributed by atoms with Crippen molar-refractivity contribution in [1.82, 2.24) is 9.97 Å². The molecule has 0 spiro atoms. The number of aromatic nitrogens is 2. The maximum Gasteiger partial charge on any atom is 0.195 e. The molecule has 0 aliphatic rings. The zero-order valence-electron chi connectivity index (χ0n) is 16.3. The highest BCUT2D eigenvalue weighted by molar-refractivity contribution is 5.76. The SMILES string of the molecule is CCCCCCCc1nc(-c2ccncc2)c(-c2ccc(OCC)cc2)o1. The van der Waals surface area contributed by atoms with E-state index in [-0.39, 0.29) is 0 Å². The molecule has 0 radical (unpaired) electrons. The quantitative estimate of drug-likeness (QED) is 0.395. The summed E-state index contributed by atoms with van der Waals surface area (Å²) in [7, 11) is 0. The maximum atomic E-state index is 6.19. The van der Waals surface area contributed by atoms with Gasteiger partial charge in [0.2, 0.25) is 0 Å². The zero-order chi connectivity index (χ0) is 18.9. The van der Waals surface area contributed by atoms with Crippen molar-refractivity contribution in [2.24, 2.45) is 0 Å². The lowest BCUT2D eigenvalue weighted by molar-refractivity contribution is 0.340. The van der Waals surface area contributed by atoms with Gasteiger partial charge in [0.1, 0.15) is 11.4 Å². The molecule has 0 bridgehead atoms. The Balaban J connectivity index is 1.84. The summed E-state index contributed by atoms with van der Waals surface area (Å²) in [6, 6.07) is 12.0. The second kappa shape index (κ2) is 9.91. The van der Waals surface area contributed by atoms with E-state index in [0.29, 0.717) is 6.61 Å². The van der Waals surface area contributed by atoms with Gasteiger partial charge in [0.15, 0.2) is 11.7 Å². The van der Waals surface area contributed by atoms with Gasteiger partial charge < -0.3 is 9.15 Å². The molecule has 2 heterocycles. The summed E-state index contributed by atoms with van der Waals surface area (Å²) in [5.74, 6) is 2.48. The molecule has 27 heavy (non-hydrogen) atoms. The summed E-state index contributed by atoms with van der Waals surface area (Å²) < 4.78 is 11.7. The summed E-state index contributed by atoms with van der Waals surface area (Å²) in [6.45, 7) is 4.88. The van der Waals surface area contributed by atoms with Gasteiger partial charge in [0.25, 0.3) is 0 Å². The third-order valence-corrected chi connectivity index (χ3v) is 4.55. The molecule has 0 N–H and O–H groups in total. The highest BCUT2D eigenvalue weighted by atomic mass is 16.5. The minimum absolute atomic E-state index is 0.659. The molecular weight excluding hydrogens is 336 g/mol. The van der Waals surface area contributed by atoms with Crippen molar-refractivity contribution in [1.29, 1.82) is 0 Å². The Morgan fingerprint density at radius 3 is 2.30 bits per heavy atom. The molecule has 0 atom stereocenters. The molecule has 1 aromatic carbocycles. The summed E-state index contributed by atoms with van der Waals surface area (Å²) in [5, 5.41) is 0. The van der Waals surface area contributed by atoms with Gasteiger partial charge in [-0.25, -0.2) is 4.98 Å². The number of ether oxygens (including phenoxy) is 1. The molecule has 0 saturated heterocycles. The molecule has 3 aromatic rings. The molecule has 4 nitrogen and oxygen atoms in total. The summed E-state index contributed by atoms with van der Waals surface area (Å²) in [5.41, 5.74) is 2.91. The van der Waals surface area contributed by atoms with Crippen LogP contribution in [0.1, 0.15) is 51.8 Å². The molecule has 3 rings (SSSR count). The van der Waals surface area contributed by atoms with Gasteiger partial charge in [0.05, 0.1) is 6.61 Å². The first-order chi connectivity index (χ1) is 13.3. The average molecular weight is 364 g/mol. The van der Waals surface area contributed by atoms with E-state index in [1.54, 1.807) is 12.4 Å². The van der Waals surface area contributed by atoms with Gasteiger partial charge in [-0.1, -0.05) is 32.6 Å². The van der Waals surface area contributed by atoms with Crippen LogP contribution in [0.3, 0.4) is 0 Å². The minimum Gasteiger partial charge on any atom is -0.494 e. The summed E-state index contributed by atoms with van der Waals surface area (Å²) >= 11 is 0. The molecule has 0 saturated carbocycles. The molecule has 0 fully saturated rings. The monoisotopic (exact) mass is 364 g/mol. The molecule has 0 amide bonds. The molecule has 0 aliphatic heterocycles. The van der Waals surface area contributed by atoms with Gasteiger partial charge >= 0.3 is 0 Å². The lowest BCUT2D eigenvalue weighted by Crippen LogP contribution is -1.90. The van der Waals surface area contributed by atoms with E-state index >= 15 is 0 Å². The van der Waals surface area contributed by atoms with Crippen LogP contribution in [0.25, 0.3) is 22.6 Å². The van der Waals surface area contributed by atoms with Crippen LogP contribution in [0.2, 0.25) is 0 Å². The summed E-state index contributed by atoms with van der Waals surface area (Å²) in [4.78, 5) is 8.92. The number of oxazole rings is 1. The Labute approximate surface area is 161 Å².